The van der Waals surface area contributed by atoms with E-state index in [-0.39, 0.29) is 41.3 Å². The molecule has 0 saturated carbocycles. The molecule has 3 aromatic carbocycles. The summed E-state index contributed by atoms with van der Waals surface area (Å²) >= 11 is 6.20. The quantitative estimate of drug-likeness (QED) is 0.164. The lowest BCUT2D eigenvalue weighted by molar-refractivity contribution is -0.137. The molecule has 1 amide bonds. The minimum atomic E-state index is -4.60. The van der Waals surface area contributed by atoms with Crippen LogP contribution in [0.2, 0.25) is 5.02 Å². The molecule has 0 bridgehead atoms. The van der Waals surface area contributed by atoms with Crippen molar-refractivity contribution in [2.24, 2.45) is 0 Å². The van der Waals surface area contributed by atoms with Crippen LogP contribution in [0.4, 0.5) is 17.6 Å². The number of rotatable bonds is 13. The van der Waals surface area contributed by atoms with E-state index in [4.69, 9.17) is 16.3 Å². The zero-order valence-corrected chi connectivity index (χ0v) is 26.0. The molecule has 3 aromatic rings. The summed E-state index contributed by atoms with van der Waals surface area (Å²) in [4.78, 5) is 13.3. The van der Waals surface area contributed by atoms with Crippen molar-refractivity contribution in [1.82, 2.24) is 10.2 Å². The third kappa shape index (κ3) is 9.94. The van der Waals surface area contributed by atoms with Gasteiger partial charge in [-0.05, 0) is 53.4 Å². The van der Waals surface area contributed by atoms with Gasteiger partial charge in [0.25, 0.3) is 0 Å². The van der Waals surface area contributed by atoms with Crippen LogP contribution in [0, 0.1) is 5.82 Å². The summed E-state index contributed by atoms with van der Waals surface area (Å²) in [7, 11) is -3.61. The lowest BCUT2D eigenvalue weighted by atomic mass is 9.84. The van der Waals surface area contributed by atoms with E-state index in [9.17, 15) is 30.8 Å². The Morgan fingerprint density at radius 1 is 1.02 bits per heavy atom. The fourth-order valence-corrected chi connectivity index (χ4v) is 5.98. The van der Waals surface area contributed by atoms with Crippen molar-refractivity contribution >= 4 is 27.3 Å². The minimum absolute atomic E-state index is 0.0422. The number of carbonyl (C=O) groups excluding carboxylic acids is 1. The Morgan fingerprint density at radius 2 is 1.70 bits per heavy atom. The summed E-state index contributed by atoms with van der Waals surface area (Å²) in [5.74, 6) is -0.337. The van der Waals surface area contributed by atoms with Gasteiger partial charge in [0, 0.05) is 44.8 Å². The SMILES string of the molecule is CC(=O)NCc1ccc(OCCCN(Cc2cccc(C(F)(F)F)c2Cl)CC(C)(C)c2ccc(F)cc2)cc1S(C)(=O)=O. The maximum Gasteiger partial charge on any atom is 0.417 e. The van der Waals surface area contributed by atoms with E-state index in [0.717, 1.165) is 17.9 Å². The molecule has 0 aliphatic rings. The molecular weight excluding hydrogens is 608 g/mol. The molecular formula is C31H35ClF4N2O4S. The first-order valence-corrected chi connectivity index (χ1v) is 15.8. The summed E-state index contributed by atoms with van der Waals surface area (Å²) in [6.45, 7) is 6.47. The standard InChI is InChI=1S/C31H35ClF4N2O4S/c1-21(39)37-18-22-9-14-26(17-28(22)43(4,40)41)42-16-6-15-38(20-30(2,3)24-10-12-25(33)13-11-24)19-23-7-5-8-27(29(23)32)31(34,35)36/h5,7-14,17H,6,15-16,18-20H2,1-4H3,(H,37,39). The van der Waals surface area contributed by atoms with Crippen LogP contribution in [0.15, 0.2) is 65.6 Å². The monoisotopic (exact) mass is 642 g/mol. The van der Waals surface area contributed by atoms with Crippen LogP contribution in [0.3, 0.4) is 0 Å². The Hall–Kier alpha value is -3.15. The Balaban J connectivity index is 1.78. The van der Waals surface area contributed by atoms with E-state index < -0.39 is 27.0 Å². The van der Waals surface area contributed by atoms with Crippen molar-refractivity contribution in [3.63, 3.8) is 0 Å². The zero-order valence-electron chi connectivity index (χ0n) is 24.4. The van der Waals surface area contributed by atoms with Crippen LogP contribution in [0.25, 0.3) is 0 Å². The molecule has 0 aromatic heterocycles. The topological polar surface area (TPSA) is 75.7 Å². The average molecular weight is 643 g/mol. The second kappa shape index (κ2) is 14.1. The molecule has 0 fully saturated rings. The molecule has 0 radical (unpaired) electrons. The number of amides is 1. The molecule has 3 rings (SSSR count). The summed E-state index contributed by atoms with van der Waals surface area (Å²) in [6.07, 6.45) is -3.07. The summed E-state index contributed by atoms with van der Waals surface area (Å²) in [5, 5.41) is 2.23. The Bertz CT molecular complexity index is 1530. The Morgan fingerprint density at radius 3 is 2.30 bits per heavy atom. The van der Waals surface area contributed by atoms with Crippen LogP contribution in [-0.2, 0) is 39.3 Å². The van der Waals surface area contributed by atoms with Crippen LogP contribution in [0.5, 0.6) is 5.75 Å². The number of hydrogen-bond acceptors (Lipinski definition) is 5. The first-order valence-electron chi connectivity index (χ1n) is 13.5. The summed E-state index contributed by atoms with van der Waals surface area (Å²) in [6, 6.07) is 14.5. The van der Waals surface area contributed by atoms with Crippen LogP contribution < -0.4 is 10.1 Å². The molecule has 0 saturated heterocycles. The molecule has 0 aliphatic heterocycles. The van der Waals surface area contributed by atoms with Crippen molar-refractivity contribution in [3.05, 3.63) is 93.8 Å². The fraction of sp³-hybridized carbons (Fsp3) is 0.387. The maximum atomic E-state index is 13.6. The fourth-order valence-electron chi connectivity index (χ4n) is 4.74. The van der Waals surface area contributed by atoms with Crippen molar-refractivity contribution < 1.29 is 35.5 Å². The van der Waals surface area contributed by atoms with Gasteiger partial charge in [-0.2, -0.15) is 13.2 Å². The number of alkyl halides is 3. The minimum Gasteiger partial charge on any atom is -0.494 e. The van der Waals surface area contributed by atoms with E-state index in [1.165, 1.54) is 31.2 Å². The lowest BCUT2D eigenvalue weighted by Crippen LogP contribution is -2.38. The van der Waals surface area contributed by atoms with Gasteiger partial charge in [0.1, 0.15) is 11.6 Å². The number of sulfone groups is 1. The zero-order chi connectivity index (χ0) is 32.0. The van der Waals surface area contributed by atoms with E-state index in [1.54, 1.807) is 30.3 Å². The van der Waals surface area contributed by atoms with E-state index in [0.29, 0.717) is 36.4 Å². The predicted octanol–water partition coefficient (Wildman–Crippen LogP) is 6.79. The molecule has 0 unspecified atom stereocenters. The number of ether oxygens (including phenoxy) is 1. The number of carbonyl (C=O) groups is 1. The molecule has 0 heterocycles. The van der Waals surface area contributed by atoms with Gasteiger partial charge < -0.3 is 10.1 Å². The lowest BCUT2D eigenvalue weighted by Gasteiger charge is -2.34. The molecule has 0 aliphatic carbocycles. The van der Waals surface area contributed by atoms with E-state index >= 15 is 0 Å². The molecule has 1 N–H and O–H groups in total. The normalized spacial score (nSPS) is 12.4. The van der Waals surface area contributed by atoms with Gasteiger partial charge in [-0.1, -0.05) is 55.8 Å². The van der Waals surface area contributed by atoms with Gasteiger partial charge in [-0.15, -0.1) is 0 Å². The van der Waals surface area contributed by atoms with Gasteiger partial charge in [0.2, 0.25) is 5.91 Å². The molecule has 0 atom stereocenters. The van der Waals surface area contributed by atoms with Crippen molar-refractivity contribution in [1.29, 1.82) is 0 Å². The maximum absolute atomic E-state index is 13.6. The second-order valence-corrected chi connectivity index (χ2v) is 13.4. The molecule has 12 heteroatoms. The van der Waals surface area contributed by atoms with Crippen LogP contribution in [-0.4, -0.2) is 45.2 Å². The van der Waals surface area contributed by atoms with Crippen molar-refractivity contribution in [3.8, 4) is 5.75 Å². The predicted molar refractivity (Wildman–Crippen MR) is 158 cm³/mol. The Labute approximate surface area is 254 Å². The number of nitrogens with one attached hydrogen (secondary N) is 1. The number of halogens is 5. The van der Waals surface area contributed by atoms with E-state index in [2.05, 4.69) is 5.32 Å². The molecule has 0 spiro atoms. The smallest absolute Gasteiger partial charge is 0.417 e. The van der Waals surface area contributed by atoms with Gasteiger partial charge in [0.15, 0.2) is 9.84 Å². The first-order chi connectivity index (χ1) is 20.0. The molecule has 234 valence electrons. The Kier molecular flexibility index (Phi) is 11.3. The van der Waals surface area contributed by atoms with Gasteiger partial charge in [-0.3, -0.25) is 9.69 Å². The summed E-state index contributed by atoms with van der Waals surface area (Å²) < 4.78 is 84.6. The van der Waals surface area contributed by atoms with E-state index in [1.807, 2.05) is 18.7 Å². The highest BCUT2D eigenvalue weighted by Gasteiger charge is 2.34. The van der Waals surface area contributed by atoms with Crippen molar-refractivity contribution in [2.45, 2.75) is 56.8 Å². The number of hydrogen-bond donors (Lipinski definition) is 1. The van der Waals surface area contributed by atoms with Crippen LogP contribution >= 0.6 is 11.6 Å². The largest absolute Gasteiger partial charge is 0.494 e. The van der Waals surface area contributed by atoms with Gasteiger partial charge in [-0.25, -0.2) is 12.8 Å². The average Bonchev–Trinajstić information content (AvgIpc) is 2.90. The third-order valence-corrected chi connectivity index (χ3v) is 8.50. The highest BCUT2D eigenvalue weighted by molar-refractivity contribution is 7.90. The number of benzene rings is 3. The number of nitrogens with zero attached hydrogens (tertiary/aromatic N) is 1. The molecule has 6 nitrogen and oxygen atoms in total. The highest BCUT2D eigenvalue weighted by Crippen LogP contribution is 2.37. The second-order valence-electron chi connectivity index (χ2n) is 11.0. The van der Waals surface area contributed by atoms with Crippen molar-refractivity contribution in [2.75, 3.05) is 26.0 Å². The van der Waals surface area contributed by atoms with Gasteiger partial charge in [0.05, 0.1) is 22.1 Å². The first kappa shape index (κ1) is 34.3. The van der Waals surface area contributed by atoms with Gasteiger partial charge >= 0.3 is 6.18 Å². The highest BCUT2D eigenvalue weighted by atomic mass is 35.5. The molecule has 43 heavy (non-hydrogen) atoms. The van der Waals surface area contributed by atoms with Crippen LogP contribution in [0.1, 0.15) is 49.4 Å². The summed E-state index contributed by atoms with van der Waals surface area (Å²) in [5.41, 5.74) is 0.211. The third-order valence-electron chi connectivity index (χ3n) is 6.88.